The molecule has 158 valence electrons. The first-order chi connectivity index (χ1) is 14.3. The summed E-state index contributed by atoms with van der Waals surface area (Å²) < 4.78 is 39.7. The van der Waals surface area contributed by atoms with Crippen LogP contribution in [0.4, 0.5) is 13.2 Å². The van der Waals surface area contributed by atoms with E-state index in [0.717, 1.165) is 36.1 Å². The van der Waals surface area contributed by atoms with Crippen molar-refractivity contribution >= 4 is 22.7 Å². The summed E-state index contributed by atoms with van der Waals surface area (Å²) in [5.41, 5.74) is 7.63. The zero-order valence-electron chi connectivity index (χ0n) is 16.4. The second-order valence-electron chi connectivity index (χ2n) is 7.58. The van der Waals surface area contributed by atoms with Gasteiger partial charge in [0.25, 0.3) is 0 Å². The molecule has 2 aromatic carbocycles. The number of aryl methyl sites for hydroxylation is 1. The average molecular weight is 433 g/mol. The lowest BCUT2D eigenvalue weighted by Crippen LogP contribution is -2.49. The summed E-state index contributed by atoms with van der Waals surface area (Å²) in [4.78, 5) is 11.9. The van der Waals surface area contributed by atoms with Crippen molar-refractivity contribution in [3.05, 3.63) is 70.8 Å². The lowest BCUT2D eigenvalue weighted by atomic mass is 9.77. The second-order valence-corrected chi connectivity index (χ2v) is 8.80. The number of hydrogen-bond acceptors (Lipinski definition) is 4. The monoisotopic (exact) mass is 433 g/mol. The quantitative estimate of drug-likeness (QED) is 0.762. The number of fused-ring (bicyclic) bond motifs is 2. The molecule has 30 heavy (non-hydrogen) atoms. The molecule has 0 aromatic heterocycles. The van der Waals surface area contributed by atoms with Crippen LogP contribution in [0.2, 0.25) is 0 Å². The fourth-order valence-electron chi connectivity index (χ4n) is 4.43. The van der Waals surface area contributed by atoms with Crippen molar-refractivity contribution in [2.24, 2.45) is 16.8 Å². The number of hydrazone groups is 1. The highest BCUT2D eigenvalue weighted by atomic mass is 32.2. The Bertz CT molecular complexity index is 1010. The Morgan fingerprint density at radius 2 is 2.03 bits per heavy atom. The van der Waals surface area contributed by atoms with Gasteiger partial charge in [0.2, 0.25) is 5.91 Å². The van der Waals surface area contributed by atoms with Crippen molar-refractivity contribution in [3.8, 4) is 0 Å². The first-order valence-corrected chi connectivity index (χ1v) is 10.6. The van der Waals surface area contributed by atoms with Crippen molar-refractivity contribution in [1.82, 2.24) is 5.01 Å². The molecule has 0 radical (unpaired) electrons. The van der Waals surface area contributed by atoms with Crippen LogP contribution in [-0.4, -0.2) is 22.5 Å². The van der Waals surface area contributed by atoms with E-state index >= 15 is 0 Å². The van der Waals surface area contributed by atoms with Gasteiger partial charge in [-0.05, 0) is 55.0 Å². The highest BCUT2D eigenvalue weighted by Gasteiger charge is 2.55. The topological polar surface area (TPSA) is 58.7 Å². The Labute approximate surface area is 177 Å². The molecule has 2 atom stereocenters. The van der Waals surface area contributed by atoms with E-state index in [1.807, 2.05) is 24.3 Å². The third kappa shape index (κ3) is 3.41. The van der Waals surface area contributed by atoms with E-state index in [-0.39, 0.29) is 11.8 Å². The van der Waals surface area contributed by atoms with Gasteiger partial charge in [0, 0.05) is 12.5 Å². The van der Waals surface area contributed by atoms with Crippen LogP contribution in [0.15, 0.2) is 53.6 Å². The van der Waals surface area contributed by atoms with Gasteiger partial charge >= 0.3 is 6.18 Å². The molecular formula is C22H22F3N3OS. The Morgan fingerprint density at radius 3 is 2.73 bits per heavy atom. The van der Waals surface area contributed by atoms with Gasteiger partial charge in [0.15, 0.2) is 0 Å². The number of thioether (sulfide) groups is 1. The molecule has 0 fully saturated rings. The first-order valence-electron chi connectivity index (χ1n) is 9.82. The maximum Gasteiger partial charge on any atom is 0.416 e. The lowest BCUT2D eigenvalue weighted by molar-refractivity contribution is -0.137. The predicted octanol–water partition coefficient (Wildman–Crippen LogP) is 4.73. The number of carbonyl (C=O) groups is 1. The third-order valence-corrected chi connectivity index (χ3v) is 7.27. The second kappa shape index (κ2) is 7.74. The number of carbonyl (C=O) groups excluding carboxylic acids is 1. The summed E-state index contributed by atoms with van der Waals surface area (Å²) in [5.74, 6) is -0.207. The zero-order chi connectivity index (χ0) is 21.5. The molecule has 1 amide bonds. The van der Waals surface area contributed by atoms with Gasteiger partial charge in [-0.3, -0.25) is 4.79 Å². The number of alkyl halides is 3. The highest BCUT2D eigenvalue weighted by molar-refractivity contribution is 8.15. The molecular weight excluding hydrogens is 411 g/mol. The minimum Gasteiger partial charge on any atom is -0.330 e. The molecule has 1 spiro atoms. The standard InChI is InChI=1S/C22H22F3N3OS/c1-14(29)28-21(17(11-12-26)10-9-15-5-2-3-8-19(15)21)30-20(27-28)16-6-4-7-18(13-16)22(23,24)25/h2-8,13,17H,9-12,26H2,1H3/t17-,21+/m0/s1. The molecule has 1 aliphatic carbocycles. The summed E-state index contributed by atoms with van der Waals surface area (Å²) in [5, 5.41) is 6.42. The van der Waals surface area contributed by atoms with Crippen LogP contribution in [0.25, 0.3) is 0 Å². The number of amides is 1. The molecule has 0 saturated carbocycles. The maximum absolute atomic E-state index is 13.2. The van der Waals surface area contributed by atoms with Crippen molar-refractivity contribution < 1.29 is 18.0 Å². The molecule has 1 heterocycles. The smallest absolute Gasteiger partial charge is 0.330 e. The van der Waals surface area contributed by atoms with Gasteiger partial charge in [-0.1, -0.05) is 48.2 Å². The van der Waals surface area contributed by atoms with Crippen LogP contribution < -0.4 is 5.73 Å². The number of halogens is 3. The molecule has 0 bridgehead atoms. The molecule has 1 aliphatic heterocycles. The molecule has 2 aromatic rings. The van der Waals surface area contributed by atoms with E-state index in [0.29, 0.717) is 23.6 Å². The Morgan fingerprint density at radius 1 is 1.27 bits per heavy atom. The van der Waals surface area contributed by atoms with Crippen LogP contribution in [0.5, 0.6) is 0 Å². The highest BCUT2D eigenvalue weighted by Crippen LogP contribution is 2.57. The van der Waals surface area contributed by atoms with Gasteiger partial charge in [-0.25, -0.2) is 5.01 Å². The molecule has 8 heteroatoms. The lowest BCUT2D eigenvalue weighted by Gasteiger charge is -2.45. The van der Waals surface area contributed by atoms with Crippen LogP contribution in [0, 0.1) is 5.92 Å². The van der Waals surface area contributed by atoms with Gasteiger partial charge in [0.05, 0.1) is 5.56 Å². The number of hydrogen-bond donors (Lipinski definition) is 1. The van der Waals surface area contributed by atoms with E-state index in [1.165, 1.54) is 29.8 Å². The average Bonchev–Trinajstić information content (AvgIpc) is 3.12. The summed E-state index contributed by atoms with van der Waals surface area (Å²) in [7, 11) is 0. The normalized spacial score (nSPS) is 23.4. The van der Waals surface area contributed by atoms with E-state index < -0.39 is 16.6 Å². The molecule has 4 nitrogen and oxygen atoms in total. The third-order valence-electron chi connectivity index (χ3n) is 5.73. The fraction of sp³-hybridized carbons (Fsp3) is 0.364. The van der Waals surface area contributed by atoms with Crippen LogP contribution >= 0.6 is 11.8 Å². The van der Waals surface area contributed by atoms with E-state index in [2.05, 4.69) is 5.10 Å². The van der Waals surface area contributed by atoms with Gasteiger partial charge in [0.1, 0.15) is 9.91 Å². The van der Waals surface area contributed by atoms with E-state index in [9.17, 15) is 18.0 Å². The van der Waals surface area contributed by atoms with Crippen LogP contribution in [0.3, 0.4) is 0 Å². The minimum absolute atomic E-state index is 0.0401. The molecule has 2 aliphatic rings. The van der Waals surface area contributed by atoms with Gasteiger partial charge in [-0.2, -0.15) is 18.3 Å². The van der Waals surface area contributed by atoms with Gasteiger partial charge < -0.3 is 5.73 Å². The van der Waals surface area contributed by atoms with E-state index in [1.54, 1.807) is 6.07 Å². The summed E-state index contributed by atoms with van der Waals surface area (Å²) in [6.45, 7) is 1.90. The summed E-state index contributed by atoms with van der Waals surface area (Å²) in [6, 6.07) is 13.0. The Hall–Kier alpha value is -2.32. The zero-order valence-corrected chi connectivity index (χ0v) is 17.3. The number of rotatable bonds is 3. The van der Waals surface area contributed by atoms with Crippen molar-refractivity contribution in [1.29, 1.82) is 0 Å². The van der Waals surface area contributed by atoms with Gasteiger partial charge in [-0.15, -0.1) is 0 Å². The molecule has 4 rings (SSSR count). The summed E-state index contributed by atoms with van der Waals surface area (Å²) in [6.07, 6.45) is -2.06. The molecule has 0 saturated heterocycles. The molecule has 2 N–H and O–H groups in total. The van der Waals surface area contributed by atoms with Crippen molar-refractivity contribution in [2.75, 3.05) is 6.54 Å². The van der Waals surface area contributed by atoms with Crippen LogP contribution in [-0.2, 0) is 22.3 Å². The SMILES string of the molecule is CC(=O)N1N=C(c2cccc(C(F)(F)F)c2)S[C@]12c1ccccc1CC[C@H]2CCN. The number of benzene rings is 2. The predicted molar refractivity (Wildman–Crippen MR) is 112 cm³/mol. The first kappa shape index (κ1) is 20.9. The summed E-state index contributed by atoms with van der Waals surface area (Å²) >= 11 is 1.37. The fourth-order valence-corrected chi connectivity index (χ4v) is 6.05. The van der Waals surface area contributed by atoms with Crippen molar-refractivity contribution in [2.45, 2.75) is 37.2 Å². The maximum atomic E-state index is 13.2. The minimum atomic E-state index is -4.45. The Kier molecular flexibility index (Phi) is 5.40. The Balaban J connectivity index is 1.85. The van der Waals surface area contributed by atoms with E-state index in [4.69, 9.17) is 5.73 Å². The molecule has 0 unspecified atom stereocenters. The van der Waals surface area contributed by atoms with Crippen LogP contribution in [0.1, 0.15) is 42.0 Å². The number of nitrogens with two attached hydrogens (primary N) is 1. The largest absolute Gasteiger partial charge is 0.416 e. The number of nitrogens with zero attached hydrogens (tertiary/aromatic N) is 2. The van der Waals surface area contributed by atoms with Crippen molar-refractivity contribution in [3.63, 3.8) is 0 Å².